The fourth-order valence-corrected chi connectivity index (χ4v) is 3.92. The van der Waals surface area contributed by atoms with E-state index >= 15 is 0 Å². The molecule has 1 aromatic heterocycles. The average Bonchev–Trinajstić information content (AvgIpc) is 2.88. The molecule has 0 amide bonds. The molecule has 2 aliphatic rings. The van der Waals surface area contributed by atoms with Gasteiger partial charge in [-0.25, -0.2) is 0 Å². The number of hydrogen-bond acceptors (Lipinski definition) is 4. The van der Waals surface area contributed by atoms with Gasteiger partial charge in [-0.15, -0.1) is 0 Å². The minimum absolute atomic E-state index is 0.127. The zero-order valence-corrected chi connectivity index (χ0v) is 12.3. The molecule has 2 atom stereocenters. The van der Waals surface area contributed by atoms with Gasteiger partial charge in [-0.2, -0.15) is 0 Å². The average molecular weight is 275 g/mol. The molecule has 4 heteroatoms. The van der Waals surface area contributed by atoms with Gasteiger partial charge in [0.05, 0.1) is 17.3 Å². The number of rotatable bonds is 3. The highest BCUT2D eigenvalue weighted by Crippen LogP contribution is 2.44. The number of aromatic nitrogens is 1. The van der Waals surface area contributed by atoms with Crippen molar-refractivity contribution in [3.05, 3.63) is 29.6 Å². The fraction of sp³-hybridized carbons (Fsp3) is 0.688. The van der Waals surface area contributed by atoms with Crippen LogP contribution in [0.4, 0.5) is 0 Å². The van der Waals surface area contributed by atoms with Crippen LogP contribution in [0.1, 0.15) is 56.0 Å². The quantitative estimate of drug-likeness (QED) is 0.657. The molecular weight excluding hydrogens is 250 g/mol. The summed E-state index contributed by atoms with van der Waals surface area (Å²) in [6.45, 7) is 2.88. The summed E-state index contributed by atoms with van der Waals surface area (Å²) >= 11 is 0. The van der Waals surface area contributed by atoms with Crippen molar-refractivity contribution in [1.82, 2.24) is 10.4 Å². The number of pyridine rings is 1. The fourth-order valence-electron chi connectivity index (χ4n) is 3.92. The number of nitrogens with one attached hydrogen (secondary N) is 1. The Hall–Kier alpha value is -0.970. The molecule has 1 aliphatic heterocycles. The van der Waals surface area contributed by atoms with Crippen molar-refractivity contribution in [2.24, 2.45) is 11.8 Å². The van der Waals surface area contributed by atoms with Gasteiger partial charge in [-0.05, 0) is 50.7 Å². The molecule has 3 rings (SSSR count). The van der Waals surface area contributed by atoms with Gasteiger partial charge < -0.3 is 4.74 Å². The molecule has 1 aliphatic carbocycles. The van der Waals surface area contributed by atoms with E-state index < -0.39 is 0 Å². The van der Waals surface area contributed by atoms with Gasteiger partial charge in [0.1, 0.15) is 0 Å². The first-order chi connectivity index (χ1) is 9.72. The van der Waals surface area contributed by atoms with E-state index in [-0.39, 0.29) is 11.6 Å². The molecule has 4 nitrogen and oxygen atoms in total. The van der Waals surface area contributed by atoms with Crippen LogP contribution >= 0.6 is 0 Å². The summed E-state index contributed by atoms with van der Waals surface area (Å²) in [6, 6.07) is 6.30. The van der Waals surface area contributed by atoms with E-state index in [1.165, 1.54) is 25.7 Å². The van der Waals surface area contributed by atoms with Crippen LogP contribution in [-0.2, 0) is 4.74 Å². The second kappa shape index (κ2) is 5.80. The minimum Gasteiger partial charge on any atom is -0.375 e. The maximum absolute atomic E-state index is 6.12. The normalized spacial score (nSPS) is 26.8. The van der Waals surface area contributed by atoms with Crippen LogP contribution in [0.5, 0.6) is 0 Å². The number of hydrazine groups is 1. The molecule has 0 radical (unpaired) electrons. The van der Waals surface area contributed by atoms with Crippen LogP contribution in [-0.4, -0.2) is 17.2 Å². The lowest BCUT2D eigenvalue weighted by Gasteiger charge is -2.41. The van der Waals surface area contributed by atoms with Crippen LogP contribution < -0.4 is 11.3 Å². The Morgan fingerprint density at radius 2 is 2.20 bits per heavy atom. The van der Waals surface area contributed by atoms with E-state index in [1.54, 1.807) is 0 Å². The van der Waals surface area contributed by atoms with E-state index in [1.807, 2.05) is 13.0 Å². The predicted octanol–water partition coefficient (Wildman–Crippen LogP) is 2.63. The molecule has 110 valence electrons. The Morgan fingerprint density at radius 1 is 1.40 bits per heavy atom. The first kappa shape index (κ1) is 14.0. The highest BCUT2D eigenvalue weighted by Gasteiger charge is 2.42. The van der Waals surface area contributed by atoms with Crippen molar-refractivity contribution in [2.45, 2.75) is 57.1 Å². The number of nitrogens with two attached hydrogens (primary N) is 1. The number of aryl methyl sites for hydroxylation is 1. The lowest BCUT2D eigenvalue weighted by atomic mass is 9.80. The topological polar surface area (TPSA) is 60.2 Å². The summed E-state index contributed by atoms with van der Waals surface area (Å²) in [7, 11) is 0. The molecule has 20 heavy (non-hydrogen) atoms. The van der Waals surface area contributed by atoms with Crippen LogP contribution in [0, 0.1) is 12.8 Å². The lowest BCUT2D eigenvalue weighted by molar-refractivity contribution is -0.0984. The van der Waals surface area contributed by atoms with Gasteiger partial charge in [0.15, 0.2) is 0 Å². The summed E-state index contributed by atoms with van der Waals surface area (Å²) in [6.07, 6.45) is 7.19. The third-order valence-corrected chi connectivity index (χ3v) is 4.93. The summed E-state index contributed by atoms with van der Waals surface area (Å²) in [5, 5.41) is 0. The van der Waals surface area contributed by atoms with Gasteiger partial charge >= 0.3 is 0 Å². The van der Waals surface area contributed by atoms with Gasteiger partial charge in [0.25, 0.3) is 0 Å². The smallest absolute Gasteiger partial charge is 0.0686 e. The Bertz CT molecular complexity index is 457. The zero-order chi connectivity index (χ0) is 14.0. The van der Waals surface area contributed by atoms with Crippen molar-refractivity contribution in [3.8, 4) is 0 Å². The first-order valence-electron chi connectivity index (χ1n) is 7.76. The molecule has 1 aromatic rings. The summed E-state index contributed by atoms with van der Waals surface area (Å²) in [4.78, 5) is 4.65. The first-order valence-corrected chi connectivity index (χ1v) is 7.76. The van der Waals surface area contributed by atoms with E-state index in [4.69, 9.17) is 10.6 Å². The molecule has 0 bridgehead atoms. The van der Waals surface area contributed by atoms with Crippen molar-refractivity contribution < 1.29 is 4.74 Å². The highest BCUT2D eigenvalue weighted by atomic mass is 16.5. The lowest BCUT2D eigenvalue weighted by Crippen LogP contribution is -2.43. The maximum Gasteiger partial charge on any atom is 0.0686 e. The Labute approximate surface area is 121 Å². The summed E-state index contributed by atoms with van der Waals surface area (Å²) in [5.74, 6) is 6.36. The SMILES string of the molecule is Cc1cccc(C(NN)C2CCOC3(CCCC3)C2)n1. The van der Waals surface area contributed by atoms with E-state index in [2.05, 4.69) is 22.5 Å². The number of nitrogens with zero attached hydrogens (tertiary/aromatic N) is 1. The molecule has 1 spiro atoms. The second-order valence-electron chi connectivity index (χ2n) is 6.34. The Kier molecular flexibility index (Phi) is 4.06. The summed E-state index contributed by atoms with van der Waals surface area (Å²) < 4.78 is 6.12. The largest absolute Gasteiger partial charge is 0.375 e. The summed E-state index contributed by atoms with van der Waals surface area (Å²) in [5.41, 5.74) is 5.24. The standard InChI is InChI=1S/C16H25N3O/c1-12-5-4-6-14(18-12)15(19-17)13-7-10-20-16(11-13)8-2-3-9-16/h4-6,13,15,19H,2-3,7-11,17H2,1H3. The Balaban J connectivity index is 1.78. The van der Waals surface area contributed by atoms with Gasteiger partial charge in [0.2, 0.25) is 0 Å². The molecule has 0 aromatic carbocycles. The van der Waals surface area contributed by atoms with E-state index in [0.717, 1.165) is 30.8 Å². The van der Waals surface area contributed by atoms with Crippen LogP contribution in [0.2, 0.25) is 0 Å². The third-order valence-electron chi connectivity index (χ3n) is 4.93. The van der Waals surface area contributed by atoms with E-state index in [0.29, 0.717) is 5.92 Å². The van der Waals surface area contributed by atoms with Crippen molar-refractivity contribution in [2.75, 3.05) is 6.61 Å². The highest BCUT2D eigenvalue weighted by molar-refractivity contribution is 5.15. The maximum atomic E-state index is 6.12. The monoisotopic (exact) mass is 275 g/mol. The minimum atomic E-state index is 0.127. The molecule has 3 N–H and O–H groups in total. The van der Waals surface area contributed by atoms with Crippen LogP contribution in [0.3, 0.4) is 0 Å². The molecule has 1 saturated carbocycles. The van der Waals surface area contributed by atoms with Crippen LogP contribution in [0.15, 0.2) is 18.2 Å². The van der Waals surface area contributed by atoms with Crippen LogP contribution in [0.25, 0.3) is 0 Å². The zero-order valence-electron chi connectivity index (χ0n) is 12.3. The third kappa shape index (κ3) is 2.73. The molecular formula is C16H25N3O. The van der Waals surface area contributed by atoms with Gasteiger partial charge in [-0.3, -0.25) is 16.3 Å². The van der Waals surface area contributed by atoms with Crippen molar-refractivity contribution in [1.29, 1.82) is 0 Å². The second-order valence-corrected chi connectivity index (χ2v) is 6.34. The van der Waals surface area contributed by atoms with Crippen molar-refractivity contribution >= 4 is 0 Å². The van der Waals surface area contributed by atoms with Crippen molar-refractivity contribution in [3.63, 3.8) is 0 Å². The number of ether oxygens (including phenoxy) is 1. The van der Waals surface area contributed by atoms with E-state index in [9.17, 15) is 0 Å². The Morgan fingerprint density at radius 3 is 2.90 bits per heavy atom. The number of hydrogen-bond donors (Lipinski definition) is 2. The van der Waals surface area contributed by atoms with Gasteiger partial charge in [0, 0.05) is 12.3 Å². The molecule has 1 saturated heterocycles. The molecule has 2 heterocycles. The predicted molar refractivity (Wildman–Crippen MR) is 78.9 cm³/mol. The van der Waals surface area contributed by atoms with Gasteiger partial charge in [-0.1, -0.05) is 18.9 Å². The molecule has 2 unspecified atom stereocenters. The molecule has 2 fully saturated rings.